The first-order valence-electron chi connectivity index (χ1n) is 6.25. The molecule has 0 fully saturated rings. The molecule has 20 heavy (non-hydrogen) atoms. The molecule has 1 aromatic carbocycles. The zero-order chi connectivity index (χ0) is 14.9. The molecule has 6 heteroatoms. The van der Waals surface area contributed by atoms with Gasteiger partial charge in [-0.15, -0.1) is 0 Å². The summed E-state index contributed by atoms with van der Waals surface area (Å²) in [6, 6.07) is 7.42. The van der Waals surface area contributed by atoms with Gasteiger partial charge in [0.1, 0.15) is 5.84 Å². The Morgan fingerprint density at radius 3 is 2.45 bits per heavy atom. The number of oxime groups is 1. The average Bonchev–Trinajstić information content (AvgIpc) is 2.82. The van der Waals surface area contributed by atoms with Crippen molar-refractivity contribution in [3.05, 3.63) is 35.4 Å². The SMILES string of the molecule is CN(C)C(=N)c1ccc(C2=NOC(C)(C(N)=O)C2)cc1. The number of hydrogen-bond acceptors (Lipinski definition) is 4. The minimum Gasteiger partial charge on any atom is -0.379 e. The maximum atomic E-state index is 11.3. The van der Waals surface area contributed by atoms with Crippen molar-refractivity contribution in [3.63, 3.8) is 0 Å². The van der Waals surface area contributed by atoms with Gasteiger partial charge in [0.2, 0.25) is 5.60 Å². The van der Waals surface area contributed by atoms with E-state index in [0.717, 1.165) is 11.1 Å². The third kappa shape index (κ3) is 2.49. The lowest BCUT2D eigenvalue weighted by Gasteiger charge is -2.16. The minimum absolute atomic E-state index is 0.354. The Morgan fingerprint density at radius 1 is 1.40 bits per heavy atom. The third-order valence-electron chi connectivity index (χ3n) is 3.32. The van der Waals surface area contributed by atoms with Gasteiger partial charge in [0.25, 0.3) is 5.91 Å². The van der Waals surface area contributed by atoms with Crippen molar-refractivity contribution in [2.45, 2.75) is 18.9 Å². The predicted octanol–water partition coefficient (Wildman–Crippen LogP) is 0.942. The maximum absolute atomic E-state index is 11.3. The Hall–Kier alpha value is -2.37. The molecule has 0 radical (unpaired) electrons. The van der Waals surface area contributed by atoms with E-state index in [1.807, 2.05) is 38.4 Å². The van der Waals surface area contributed by atoms with Crippen LogP contribution in [0.25, 0.3) is 0 Å². The number of nitrogens with zero attached hydrogens (tertiary/aromatic N) is 2. The normalized spacial score (nSPS) is 21.1. The summed E-state index contributed by atoms with van der Waals surface area (Å²) in [5, 5.41) is 11.8. The van der Waals surface area contributed by atoms with E-state index in [0.29, 0.717) is 18.0 Å². The van der Waals surface area contributed by atoms with Crippen LogP contribution in [0.15, 0.2) is 29.4 Å². The first-order valence-corrected chi connectivity index (χ1v) is 6.25. The lowest BCUT2D eigenvalue weighted by Crippen LogP contribution is -2.41. The van der Waals surface area contributed by atoms with Crippen molar-refractivity contribution >= 4 is 17.5 Å². The van der Waals surface area contributed by atoms with E-state index in [1.165, 1.54) is 0 Å². The van der Waals surface area contributed by atoms with Gasteiger partial charge in [0, 0.05) is 26.1 Å². The highest BCUT2D eigenvalue weighted by Gasteiger charge is 2.40. The van der Waals surface area contributed by atoms with Crippen LogP contribution in [-0.2, 0) is 9.63 Å². The van der Waals surface area contributed by atoms with Crippen molar-refractivity contribution in [1.29, 1.82) is 5.41 Å². The molecule has 106 valence electrons. The van der Waals surface area contributed by atoms with Crippen LogP contribution in [0.1, 0.15) is 24.5 Å². The van der Waals surface area contributed by atoms with Gasteiger partial charge in [-0.25, -0.2) is 0 Å². The van der Waals surface area contributed by atoms with Crippen LogP contribution in [0.5, 0.6) is 0 Å². The van der Waals surface area contributed by atoms with Gasteiger partial charge in [0.05, 0.1) is 5.71 Å². The lowest BCUT2D eigenvalue weighted by molar-refractivity contribution is -0.138. The highest BCUT2D eigenvalue weighted by molar-refractivity contribution is 6.06. The Labute approximate surface area is 117 Å². The first-order chi connectivity index (χ1) is 9.33. The fourth-order valence-corrected chi connectivity index (χ4v) is 1.91. The lowest BCUT2D eigenvalue weighted by atomic mass is 9.95. The second-order valence-corrected chi connectivity index (χ2v) is 5.22. The molecule has 0 spiro atoms. The van der Waals surface area contributed by atoms with Crippen LogP contribution >= 0.6 is 0 Å². The van der Waals surface area contributed by atoms with E-state index >= 15 is 0 Å². The fraction of sp³-hybridized carbons (Fsp3) is 0.357. The number of carbonyl (C=O) groups is 1. The van der Waals surface area contributed by atoms with E-state index in [4.69, 9.17) is 16.0 Å². The quantitative estimate of drug-likeness (QED) is 0.634. The van der Waals surface area contributed by atoms with Crippen molar-refractivity contribution in [1.82, 2.24) is 4.90 Å². The van der Waals surface area contributed by atoms with Crippen LogP contribution in [-0.4, -0.2) is 42.1 Å². The largest absolute Gasteiger partial charge is 0.379 e. The molecular formula is C14H18N4O2. The zero-order valence-electron chi connectivity index (χ0n) is 11.8. The van der Waals surface area contributed by atoms with Gasteiger partial charge in [0.15, 0.2) is 0 Å². The molecule has 3 N–H and O–H groups in total. The highest BCUT2D eigenvalue weighted by Crippen LogP contribution is 2.26. The monoisotopic (exact) mass is 274 g/mol. The molecular weight excluding hydrogens is 256 g/mol. The summed E-state index contributed by atoms with van der Waals surface area (Å²) in [7, 11) is 3.65. The number of amides is 1. The van der Waals surface area contributed by atoms with Crippen LogP contribution in [0.3, 0.4) is 0 Å². The molecule has 2 rings (SSSR count). The van der Waals surface area contributed by atoms with Crippen molar-refractivity contribution in [2.75, 3.05) is 14.1 Å². The number of carbonyl (C=O) groups excluding carboxylic acids is 1. The third-order valence-corrected chi connectivity index (χ3v) is 3.32. The summed E-state index contributed by atoms with van der Waals surface area (Å²) < 4.78 is 0. The minimum atomic E-state index is -1.07. The fourth-order valence-electron chi connectivity index (χ4n) is 1.91. The van der Waals surface area contributed by atoms with Gasteiger partial charge in [-0.1, -0.05) is 29.4 Å². The number of amidine groups is 1. The molecule has 0 saturated carbocycles. The van der Waals surface area contributed by atoms with Crippen LogP contribution in [0.2, 0.25) is 0 Å². The molecule has 1 amide bonds. The summed E-state index contributed by atoms with van der Waals surface area (Å²) in [5.74, 6) is -0.0922. The van der Waals surface area contributed by atoms with Crippen molar-refractivity contribution in [3.8, 4) is 0 Å². The van der Waals surface area contributed by atoms with Gasteiger partial charge >= 0.3 is 0 Å². The summed E-state index contributed by atoms with van der Waals surface area (Å²) in [4.78, 5) is 18.2. The maximum Gasteiger partial charge on any atom is 0.264 e. The van der Waals surface area contributed by atoms with Crippen molar-refractivity contribution in [2.24, 2.45) is 10.9 Å². The Kier molecular flexibility index (Phi) is 3.48. The summed E-state index contributed by atoms with van der Waals surface area (Å²) in [5.41, 5.74) is 6.60. The molecule has 1 aliphatic rings. The van der Waals surface area contributed by atoms with Gasteiger partial charge < -0.3 is 15.5 Å². The standard InChI is InChI=1S/C14H18N4O2/c1-14(13(16)19)8-11(17-20-14)9-4-6-10(7-5-9)12(15)18(2)3/h4-7,15H,8H2,1-3H3,(H2,16,19). The van der Waals surface area contributed by atoms with E-state index in [2.05, 4.69) is 5.16 Å². The number of hydrogen-bond donors (Lipinski definition) is 2. The van der Waals surface area contributed by atoms with Crippen LogP contribution < -0.4 is 5.73 Å². The van der Waals surface area contributed by atoms with Gasteiger partial charge in [-0.2, -0.15) is 0 Å². The molecule has 0 saturated heterocycles. The molecule has 1 aliphatic heterocycles. The molecule has 6 nitrogen and oxygen atoms in total. The molecule has 1 heterocycles. The summed E-state index contributed by atoms with van der Waals surface area (Å²) in [6.07, 6.45) is 0.354. The molecule has 0 aromatic heterocycles. The molecule has 1 unspecified atom stereocenters. The summed E-state index contributed by atoms with van der Waals surface area (Å²) in [6.45, 7) is 1.63. The highest BCUT2D eigenvalue weighted by atomic mass is 16.7. The first kappa shape index (κ1) is 14.0. The zero-order valence-corrected chi connectivity index (χ0v) is 11.8. The van der Waals surface area contributed by atoms with E-state index in [1.54, 1.807) is 11.8 Å². The van der Waals surface area contributed by atoms with Crippen LogP contribution in [0.4, 0.5) is 0 Å². The topological polar surface area (TPSA) is 91.8 Å². The van der Waals surface area contributed by atoms with Gasteiger partial charge in [-0.3, -0.25) is 10.2 Å². The van der Waals surface area contributed by atoms with Crippen molar-refractivity contribution < 1.29 is 9.63 Å². The average molecular weight is 274 g/mol. The second kappa shape index (κ2) is 4.96. The molecule has 0 bridgehead atoms. The van der Waals surface area contributed by atoms with E-state index in [9.17, 15) is 4.79 Å². The number of nitrogens with two attached hydrogens (primary N) is 1. The summed E-state index contributed by atoms with van der Waals surface area (Å²) >= 11 is 0. The Morgan fingerprint density at radius 2 is 2.00 bits per heavy atom. The van der Waals surface area contributed by atoms with E-state index < -0.39 is 11.5 Å². The Bertz CT molecular complexity index is 577. The van der Waals surface area contributed by atoms with E-state index in [-0.39, 0.29) is 0 Å². The molecule has 0 aliphatic carbocycles. The number of rotatable bonds is 3. The Balaban J connectivity index is 2.17. The van der Waals surface area contributed by atoms with Crippen LogP contribution in [0, 0.1) is 5.41 Å². The molecule has 1 aromatic rings. The second-order valence-electron chi connectivity index (χ2n) is 5.22. The number of primary amides is 1. The smallest absolute Gasteiger partial charge is 0.264 e. The number of nitrogens with one attached hydrogen (secondary N) is 1. The molecule has 1 atom stereocenters. The predicted molar refractivity (Wildman–Crippen MR) is 76.8 cm³/mol. The number of benzene rings is 1. The van der Waals surface area contributed by atoms with Gasteiger partial charge in [-0.05, 0) is 12.5 Å².